The fourth-order valence-electron chi connectivity index (χ4n) is 2.86. The SMILES string of the molecule is COc1ncccc1CNc1cc(N2CCC[C@H]2CO)ncn1. The van der Waals surface area contributed by atoms with Crippen LogP contribution in [0.1, 0.15) is 18.4 Å². The largest absolute Gasteiger partial charge is 0.481 e. The molecule has 3 heterocycles. The molecule has 0 spiro atoms. The summed E-state index contributed by atoms with van der Waals surface area (Å²) in [5.74, 6) is 2.19. The van der Waals surface area contributed by atoms with E-state index in [9.17, 15) is 5.11 Å². The number of hydrogen-bond acceptors (Lipinski definition) is 7. The Morgan fingerprint density at radius 1 is 1.39 bits per heavy atom. The van der Waals surface area contributed by atoms with Crippen molar-refractivity contribution < 1.29 is 9.84 Å². The smallest absolute Gasteiger partial charge is 0.218 e. The molecular weight excluding hydrogens is 294 g/mol. The van der Waals surface area contributed by atoms with Crippen LogP contribution in [0.25, 0.3) is 0 Å². The highest BCUT2D eigenvalue weighted by atomic mass is 16.5. The second kappa shape index (κ2) is 7.23. The molecule has 7 heteroatoms. The van der Waals surface area contributed by atoms with Gasteiger partial charge in [0.15, 0.2) is 0 Å². The predicted molar refractivity (Wildman–Crippen MR) is 87.6 cm³/mol. The summed E-state index contributed by atoms with van der Waals surface area (Å²) in [6.45, 7) is 1.63. The van der Waals surface area contributed by atoms with Crippen molar-refractivity contribution in [2.75, 3.05) is 30.5 Å². The van der Waals surface area contributed by atoms with Crippen LogP contribution in [0.3, 0.4) is 0 Å². The highest BCUT2D eigenvalue weighted by molar-refractivity contribution is 5.50. The summed E-state index contributed by atoms with van der Waals surface area (Å²) in [5.41, 5.74) is 0.963. The zero-order valence-corrected chi connectivity index (χ0v) is 13.1. The van der Waals surface area contributed by atoms with Gasteiger partial charge >= 0.3 is 0 Å². The minimum atomic E-state index is 0.149. The molecule has 0 saturated carbocycles. The monoisotopic (exact) mass is 315 g/mol. The van der Waals surface area contributed by atoms with Crippen molar-refractivity contribution in [1.82, 2.24) is 15.0 Å². The second-order valence-corrected chi connectivity index (χ2v) is 5.46. The van der Waals surface area contributed by atoms with Crippen LogP contribution in [0.4, 0.5) is 11.6 Å². The van der Waals surface area contributed by atoms with Crippen LogP contribution < -0.4 is 15.0 Å². The van der Waals surface area contributed by atoms with Crippen molar-refractivity contribution in [3.63, 3.8) is 0 Å². The molecule has 122 valence electrons. The zero-order chi connectivity index (χ0) is 16.1. The Bertz CT molecular complexity index is 652. The summed E-state index contributed by atoms with van der Waals surface area (Å²) in [6.07, 6.45) is 5.32. The van der Waals surface area contributed by atoms with Gasteiger partial charge in [-0.15, -0.1) is 0 Å². The van der Waals surface area contributed by atoms with Gasteiger partial charge in [-0.25, -0.2) is 15.0 Å². The van der Waals surface area contributed by atoms with Gasteiger partial charge < -0.3 is 20.1 Å². The van der Waals surface area contributed by atoms with E-state index in [-0.39, 0.29) is 12.6 Å². The fourth-order valence-corrected chi connectivity index (χ4v) is 2.86. The van der Waals surface area contributed by atoms with Crippen LogP contribution in [0.15, 0.2) is 30.7 Å². The number of nitrogens with zero attached hydrogens (tertiary/aromatic N) is 4. The van der Waals surface area contributed by atoms with Crippen LogP contribution in [-0.4, -0.2) is 46.4 Å². The molecule has 1 saturated heterocycles. The first-order chi connectivity index (χ1) is 11.3. The van der Waals surface area contributed by atoms with Gasteiger partial charge in [-0.05, 0) is 18.9 Å². The zero-order valence-electron chi connectivity index (χ0n) is 13.1. The average molecular weight is 315 g/mol. The van der Waals surface area contributed by atoms with E-state index in [1.165, 1.54) is 0 Å². The molecule has 1 atom stereocenters. The summed E-state index contributed by atoms with van der Waals surface area (Å²) < 4.78 is 5.25. The highest BCUT2D eigenvalue weighted by Crippen LogP contribution is 2.25. The van der Waals surface area contributed by atoms with Crippen molar-refractivity contribution in [3.8, 4) is 5.88 Å². The molecule has 0 aliphatic carbocycles. The van der Waals surface area contributed by atoms with Crippen molar-refractivity contribution in [2.24, 2.45) is 0 Å². The second-order valence-electron chi connectivity index (χ2n) is 5.46. The lowest BCUT2D eigenvalue weighted by Gasteiger charge is -2.24. The third-order valence-electron chi connectivity index (χ3n) is 4.04. The van der Waals surface area contributed by atoms with Gasteiger partial charge in [0.05, 0.1) is 19.8 Å². The molecule has 3 rings (SSSR count). The Hall–Kier alpha value is -2.41. The van der Waals surface area contributed by atoms with Crippen molar-refractivity contribution in [3.05, 3.63) is 36.3 Å². The van der Waals surface area contributed by atoms with E-state index in [0.717, 1.165) is 36.6 Å². The van der Waals surface area contributed by atoms with E-state index >= 15 is 0 Å². The van der Waals surface area contributed by atoms with E-state index in [1.54, 1.807) is 19.6 Å². The van der Waals surface area contributed by atoms with Gasteiger partial charge in [0.2, 0.25) is 5.88 Å². The lowest BCUT2D eigenvalue weighted by atomic mass is 10.2. The Morgan fingerprint density at radius 3 is 3.13 bits per heavy atom. The Kier molecular flexibility index (Phi) is 4.87. The van der Waals surface area contributed by atoms with Gasteiger partial charge in [-0.1, -0.05) is 6.07 Å². The quantitative estimate of drug-likeness (QED) is 0.835. The third-order valence-corrected chi connectivity index (χ3v) is 4.04. The van der Waals surface area contributed by atoms with E-state index in [0.29, 0.717) is 12.4 Å². The number of aliphatic hydroxyl groups excluding tert-OH is 1. The summed E-state index contributed by atoms with van der Waals surface area (Å²) in [6, 6.07) is 5.90. The minimum Gasteiger partial charge on any atom is -0.481 e. The highest BCUT2D eigenvalue weighted by Gasteiger charge is 2.25. The molecule has 1 aliphatic rings. The number of aromatic nitrogens is 3. The van der Waals surface area contributed by atoms with Gasteiger partial charge in [0.25, 0.3) is 0 Å². The van der Waals surface area contributed by atoms with Gasteiger partial charge in [-0.3, -0.25) is 0 Å². The van der Waals surface area contributed by atoms with Crippen molar-refractivity contribution in [2.45, 2.75) is 25.4 Å². The van der Waals surface area contributed by atoms with Crippen molar-refractivity contribution >= 4 is 11.6 Å². The number of pyridine rings is 1. The molecule has 23 heavy (non-hydrogen) atoms. The first kappa shape index (κ1) is 15.5. The normalized spacial score (nSPS) is 17.3. The van der Waals surface area contributed by atoms with E-state index in [4.69, 9.17) is 4.74 Å². The van der Waals surface area contributed by atoms with Crippen LogP contribution in [-0.2, 0) is 6.54 Å². The van der Waals surface area contributed by atoms with Crippen LogP contribution >= 0.6 is 0 Å². The molecular formula is C16H21N5O2. The van der Waals surface area contributed by atoms with E-state index < -0.39 is 0 Å². The maximum absolute atomic E-state index is 9.46. The summed E-state index contributed by atoms with van der Waals surface area (Å²) >= 11 is 0. The Balaban J connectivity index is 1.70. The molecule has 0 bridgehead atoms. The van der Waals surface area contributed by atoms with Gasteiger partial charge in [-0.2, -0.15) is 0 Å². The van der Waals surface area contributed by atoms with E-state index in [2.05, 4.69) is 25.2 Å². The molecule has 0 amide bonds. The molecule has 2 aromatic rings. The summed E-state index contributed by atoms with van der Waals surface area (Å²) in [4.78, 5) is 14.9. The maximum Gasteiger partial charge on any atom is 0.218 e. The first-order valence-corrected chi connectivity index (χ1v) is 7.73. The molecule has 2 aromatic heterocycles. The van der Waals surface area contributed by atoms with Gasteiger partial charge in [0, 0.05) is 30.9 Å². The van der Waals surface area contributed by atoms with E-state index in [1.807, 2.05) is 18.2 Å². The number of anilines is 2. The first-order valence-electron chi connectivity index (χ1n) is 7.73. The Morgan fingerprint density at radius 2 is 2.30 bits per heavy atom. The fraction of sp³-hybridized carbons (Fsp3) is 0.438. The van der Waals surface area contributed by atoms with Crippen LogP contribution in [0, 0.1) is 0 Å². The lowest BCUT2D eigenvalue weighted by molar-refractivity contribution is 0.266. The number of ether oxygens (including phenoxy) is 1. The number of nitrogens with one attached hydrogen (secondary N) is 1. The molecule has 0 aromatic carbocycles. The summed E-state index contributed by atoms with van der Waals surface area (Å²) in [5, 5.41) is 12.7. The molecule has 1 fully saturated rings. The third kappa shape index (κ3) is 3.50. The lowest BCUT2D eigenvalue weighted by Crippen LogP contribution is -2.32. The summed E-state index contributed by atoms with van der Waals surface area (Å²) in [7, 11) is 1.61. The predicted octanol–water partition coefficient (Wildman–Crippen LogP) is 1.45. The van der Waals surface area contributed by atoms with Gasteiger partial charge in [0.1, 0.15) is 18.0 Å². The number of methoxy groups -OCH3 is 1. The molecule has 0 unspecified atom stereocenters. The number of hydrogen-bond donors (Lipinski definition) is 2. The molecule has 0 radical (unpaired) electrons. The number of rotatable bonds is 6. The molecule has 1 aliphatic heterocycles. The average Bonchev–Trinajstić information content (AvgIpc) is 3.09. The minimum absolute atomic E-state index is 0.149. The van der Waals surface area contributed by atoms with Crippen molar-refractivity contribution in [1.29, 1.82) is 0 Å². The number of aliphatic hydroxyl groups is 1. The molecule has 7 nitrogen and oxygen atoms in total. The topological polar surface area (TPSA) is 83.4 Å². The maximum atomic E-state index is 9.46. The van der Waals surface area contributed by atoms with Crippen LogP contribution in [0.2, 0.25) is 0 Å². The molecule has 2 N–H and O–H groups in total. The standard InChI is InChI=1S/C16H21N5O2/c1-23-16-12(4-2-6-17-16)9-18-14-8-15(20-11-19-14)21-7-3-5-13(21)10-22/h2,4,6,8,11,13,22H,3,5,7,9-10H2,1H3,(H,18,19,20)/t13-/m0/s1. The van der Waals surface area contributed by atoms with Crippen LogP contribution in [0.5, 0.6) is 5.88 Å². The Labute approximate surface area is 135 Å².